The van der Waals surface area contributed by atoms with Gasteiger partial charge in [0.05, 0.1) is 0 Å². The van der Waals surface area contributed by atoms with Gasteiger partial charge >= 0.3 is 0 Å². The van der Waals surface area contributed by atoms with Gasteiger partial charge in [-0.2, -0.15) is 0 Å². The molecule has 0 spiro atoms. The highest BCUT2D eigenvalue weighted by Crippen LogP contribution is 2.13. The molecule has 28 heavy (non-hydrogen) atoms. The van der Waals surface area contributed by atoms with Gasteiger partial charge in [0.15, 0.2) is 0 Å². The molecule has 0 unspecified atom stereocenters. The van der Waals surface area contributed by atoms with Crippen LogP contribution >= 0.6 is 0 Å². The third kappa shape index (κ3) is 15.7. The second-order valence-corrected chi connectivity index (χ2v) is 8.29. The molecule has 1 N–H and O–H groups in total. The minimum Gasteiger partial charge on any atom is -0.356 e. The van der Waals surface area contributed by atoms with Crippen LogP contribution in [0.3, 0.4) is 0 Å². The molecule has 0 saturated carbocycles. The number of benzene rings is 1. The lowest BCUT2D eigenvalue weighted by Crippen LogP contribution is -2.25. The van der Waals surface area contributed by atoms with E-state index in [0.29, 0.717) is 6.42 Å². The van der Waals surface area contributed by atoms with Gasteiger partial charge in [-0.3, -0.25) is 4.79 Å². The van der Waals surface area contributed by atoms with E-state index in [-0.39, 0.29) is 5.91 Å². The van der Waals surface area contributed by atoms with E-state index in [1.165, 1.54) is 95.5 Å². The van der Waals surface area contributed by atoms with Gasteiger partial charge < -0.3 is 5.32 Å². The van der Waals surface area contributed by atoms with Crippen LogP contribution in [0.1, 0.15) is 115 Å². The monoisotopic (exact) mass is 387 g/mol. The van der Waals surface area contributed by atoms with Crippen molar-refractivity contribution in [3.8, 4) is 0 Å². The Labute approximate surface area is 174 Å². The number of unbranched alkanes of at least 4 members (excludes halogenated alkanes) is 14. The van der Waals surface area contributed by atoms with Crippen LogP contribution in [-0.4, -0.2) is 12.5 Å². The third-order valence-electron chi connectivity index (χ3n) is 5.59. The predicted molar refractivity (Wildman–Crippen MR) is 123 cm³/mol. The van der Waals surface area contributed by atoms with Crippen molar-refractivity contribution in [1.82, 2.24) is 5.32 Å². The molecule has 0 atom stereocenters. The molecule has 0 aliphatic carbocycles. The minimum atomic E-state index is 0.214. The number of hydrogen-bond donors (Lipinski definition) is 1. The van der Waals surface area contributed by atoms with Crippen molar-refractivity contribution in [3.63, 3.8) is 0 Å². The fourth-order valence-electron chi connectivity index (χ4n) is 3.74. The zero-order chi connectivity index (χ0) is 20.1. The molecule has 160 valence electrons. The highest BCUT2D eigenvalue weighted by Gasteiger charge is 2.01. The first-order valence-electron chi connectivity index (χ1n) is 12.1. The summed E-state index contributed by atoms with van der Waals surface area (Å²) in [5.41, 5.74) is 1.29. The van der Waals surface area contributed by atoms with Gasteiger partial charge in [0.2, 0.25) is 5.91 Å². The number of rotatable bonds is 19. The molecule has 1 aromatic rings. The second kappa shape index (κ2) is 19.0. The van der Waals surface area contributed by atoms with Gasteiger partial charge in [-0.15, -0.1) is 0 Å². The standard InChI is InChI=1S/C26H45NO/c1-2-3-4-5-6-7-8-9-10-11-12-13-14-15-19-22-26(28)27-24-23-25-20-17-16-18-21-25/h16-18,20-21H,2-15,19,22-24H2,1H3,(H,27,28). The quantitative estimate of drug-likeness (QED) is 0.243. The first-order valence-corrected chi connectivity index (χ1v) is 12.1. The van der Waals surface area contributed by atoms with Crippen LogP contribution in [0.15, 0.2) is 30.3 Å². The Bertz CT molecular complexity index is 457. The molecule has 0 heterocycles. The Kier molecular flexibility index (Phi) is 16.8. The molecular formula is C26H45NO. The summed E-state index contributed by atoms with van der Waals surface area (Å²) in [6, 6.07) is 10.3. The van der Waals surface area contributed by atoms with Gasteiger partial charge in [0.1, 0.15) is 0 Å². The fraction of sp³-hybridized carbons (Fsp3) is 0.731. The molecule has 0 aliphatic rings. The predicted octanol–water partition coefficient (Wildman–Crippen LogP) is 7.61. The molecule has 0 radical (unpaired) electrons. The van der Waals surface area contributed by atoms with Crippen LogP contribution in [0, 0.1) is 0 Å². The van der Waals surface area contributed by atoms with Crippen molar-refractivity contribution in [2.45, 2.75) is 116 Å². The molecule has 0 fully saturated rings. The van der Waals surface area contributed by atoms with Crippen LogP contribution < -0.4 is 5.32 Å². The molecule has 2 heteroatoms. The van der Waals surface area contributed by atoms with Gasteiger partial charge in [0, 0.05) is 13.0 Å². The Morgan fingerprint density at radius 1 is 0.679 bits per heavy atom. The summed E-state index contributed by atoms with van der Waals surface area (Å²) in [6.07, 6.45) is 22.1. The molecule has 2 nitrogen and oxygen atoms in total. The van der Waals surface area contributed by atoms with Crippen LogP contribution in [0.2, 0.25) is 0 Å². The lowest BCUT2D eigenvalue weighted by molar-refractivity contribution is -0.121. The number of hydrogen-bond acceptors (Lipinski definition) is 1. The summed E-state index contributed by atoms with van der Waals surface area (Å²) in [5.74, 6) is 0.214. The van der Waals surface area contributed by atoms with Gasteiger partial charge in [-0.1, -0.05) is 127 Å². The Hall–Kier alpha value is -1.31. The summed E-state index contributed by atoms with van der Waals surface area (Å²) < 4.78 is 0. The van der Waals surface area contributed by atoms with E-state index < -0.39 is 0 Å². The van der Waals surface area contributed by atoms with E-state index >= 15 is 0 Å². The summed E-state index contributed by atoms with van der Waals surface area (Å²) in [6.45, 7) is 3.03. The Morgan fingerprint density at radius 2 is 1.14 bits per heavy atom. The lowest BCUT2D eigenvalue weighted by Gasteiger charge is -2.06. The number of carbonyl (C=O) groups excluding carboxylic acids is 1. The average molecular weight is 388 g/mol. The van der Waals surface area contributed by atoms with Gasteiger partial charge in [0.25, 0.3) is 0 Å². The maximum atomic E-state index is 11.9. The van der Waals surface area contributed by atoms with Crippen molar-refractivity contribution in [3.05, 3.63) is 35.9 Å². The third-order valence-corrected chi connectivity index (χ3v) is 5.59. The topological polar surface area (TPSA) is 29.1 Å². The summed E-state index contributed by atoms with van der Waals surface area (Å²) in [4.78, 5) is 11.9. The van der Waals surface area contributed by atoms with Crippen molar-refractivity contribution in [2.24, 2.45) is 0 Å². The van der Waals surface area contributed by atoms with Gasteiger partial charge in [-0.25, -0.2) is 0 Å². The van der Waals surface area contributed by atoms with E-state index in [1.807, 2.05) is 18.2 Å². The largest absolute Gasteiger partial charge is 0.356 e. The van der Waals surface area contributed by atoms with E-state index in [1.54, 1.807) is 0 Å². The molecule has 0 bridgehead atoms. The SMILES string of the molecule is CCCCCCCCCCCCCCCCCC(=O)NCCc1ccccc1. The molecule has 1 aromatic carbocycles. The first kappa shape index (κ1) is 24.7. The van der Waals surface area contributed by atoms with Gasteiger partial charge in [-0.05, 0) is 18.4 Å². The van der Waals surface area contributed by atoms with E-state index in [0.717, 1.165) is 19.4 Å². The van der Waals surface area contributed by atoms with Crippen molar-refractivity contribution in [2.75, 3.05) is 6.54 Å². The number of amides is 1. The first-order chi connectivity index (χ1) is 13.8. The maximum Gasteiger partial charge on any atom is 0.220 e. The summed E-state index contributed by atoms with van der Waals surface area (Å²) in [7, 11) is 0. The van der Waals surface area contributed by atoms with Crippen LogP contribution in [0.5, 0.6) is 0 Å². The normalized spacial score (nSPS) is 10.9. The Balaban J connectivity index is 1.76. The average Bonchev–Trinajstić information content (AvgIpc) is 2.71. The van der Waals surface area contributed by atoms with E-state index in [4.69, 9.17) is 0 Å². The van der Waals surface area contributed by atoms with Crippen molar-refractivity contribution < 1.29 is 4.79 Å². The van der Waals surface area contributed by atoms with Crippen molar-refractivity contribution >= 4 is 5.91 Å². The molecular weight excluding hydrogens is 342 g/mol. The molecule has 0 aliphatic heterocycles. The maximum absolute atomic E-state index is 11.9. The molecule has 1 amide bonds. The summed E-state index contributed by atoms with van der Waals surface area (Å²) in [5, 5.41) is 3.04. The zero-order valence-electron chi connectivity index (χ0n) is 18.5. The van der Waals surface area contributed by atoms with Crippen LogP contribution in [0.4, 0.5) is 0 Å². The van der Waals surface area contributed by atoms with Crippen LogP contribution in [0.25, 0.3) is 0 Å². The molecule has 0 aromatic heterocycles. The zero-order valence-corrected chi connectivity index (χ0v) is 18.5. The summed E-state index contributed by atoms with van der Waals surface area (Å²) >= 11 is 0. The van der Waals surface area contributed by atoms with E-state index in [9.17, 15) is 4.79 Å². The smallest absolute Gasteiger partial charge is 0.220 e. The molecule has 0 saturated heterocycles. The van der Waals surface area contributed by atoms with Crippen molar-refractivity contribution in [1.29, 1.82) is 0 Å². The molecule has 1 rings (SSSR count). The number of nitrogens with one attached hydrogen (secondary N) is 1. The lowest BCUT2D eigenvalue weighted by atomic mass is 10.0. The highest BCUT2D eigenvalue weighted by molar-refractivity contribution is 5.75. The second-order valence-electron chi connectivity index (χ2n) is 8.29. The number of carbonyl (C=O) groups is 1. The fourth-order valence-corrected chi connectivity index (χ4v) is 3.74. The highest BCUT2D eigenvalue weighted by atomic mass is 16.1. The Morgan fingerprint density at radius 3 is 1.64 bits per heavy atom. The minimum absolute atomic E-state index is 0.214. The van der Waals surface area contributed by atoms with Crippen LogP contribution in [-0.2, 0) is 11.2 Å². The van der Waals surface area contributed by atoms with E-state index in [2.05, 4.69) is 24.4 Å².